The molecule has 130 valence electrons. The van der Waals surface area contributed by atoms with Gasteiger partial charge in [-0.1, -0.05) is 85.8 Å². The van der Waals surface area contributed by atoms with Gasteiger partial charge < -0.3 is 5.11 Å². The molecule has 2 heteroatoms. The van der Waals surface area contributed by atoms with Crippen molar-refractivity contribution in [3.63, 3.8) is 0 Å². The minimum atomic E-state index is -0.859. The Bertz CT molecular complexity index is 740. The first-order chi connectivity index (χ1) is 11.6. The third kappa shape index (κ3) is 6.64. The van der Waals surface area contributed by atoms with Gasteiger partial charge in [0.1, 0.15) is 0 Å². The molecule has 0 aliphatic rings. The summed E-state index contributed by atoms with van der Waals surface area (Å²) in [4.78, 5) is 10.5. The predicted molar refractivity (Wildman–Crippen MR) is 105 cm³/mol. The highest BCUT2D eigenvalue weighted by molar-refractivity contribution is 5.89. The van der Waals surface area contributed by atoms with Crippen molar-refractivity contribution in [3.8, 4) is 0 Å². The lowest BCUT2D eigenvalue weighted by Crippen LogP contribution is -1.99. The molecule has 0 saturated heterocycles. The Hall–Kier alpha value is -2.87. The average molecular weight is 334 g/mol. The van der Waals surface area contributed by atoms with E-state index in [0.29, 0.717) is 5.56 Å². The summed E-state index contributed by atoms with van der Waals surface area (Å²) in [5.74, 6) is -0.859. The Kier molecular flexibility index (Phi) is 8.14. The zero-order valence-electron chi connectivity index (χ0n) is 14.1. The topological polar surface area (TPSA) is 37.3 Å². The number of hydrogen-bond acceptors (Lipinski definition) is 1. The molecule has 0 heterocycles. The van der Waals surface area contributed by atoms with Gasteiger partial charge in [-0.3, -0.25) is 0 Å². The van der Waals surface area contributed by atoms with Crippen molar-refractivity contribution in [2.45, 2.75) is 27.7 Å². The maximum atomic E-state index is 10.5. The van der Waals surface area contributed by atoms with Gasteiger partial charge in [0.2, 0.25) is 0 Å². The van der Waals surface area contributed by atoms with Gasteiger partial charge in [-0.25, -0.2) is 4.79 Å². The normalized spacial score (nSPS) is 9.36. The van der Waals surface area contributed by atoms with E-state index in [0.717, 1.165) is 17.5 Å². The Morgan fingerprint density at radius 1 is 0.800 bits per heavy atom. The van der Waals surface area contributed by atoms with E-state index < -0.39 is 5.97 Å². The number of carboxylic acids is 1. The summed E-state index contributed by atoms with van der Waals surface area (Å²) in [7, 11) is 0. The molecule has 0 unspecified atom stereocenters. The fraction of sp³-hybridized carbons (Fsp3) is 0.174. The summed E-state index contributed by atoms with van der Waals surface area (Å²) in [6.07, 6.45) is 1.03. The fourth-order valence-corrected chi connectivity index (χ4v) is 2.48. The number of carboxylic acid groups (broad SMARTS) is 1. The Labute approximate surface area is 150 Å². The van der Waals surface area contributed by atoms with Crippen LogP contribution in [0.4, 0.5) is 0 Å². The van der Waals surface area contributed by atoms with Crippen LogP contribution < -0.4 is 0 Å². The molecule has 3 aromatic carbocycles. The molecule has 1 N–H and O–H groups in total. The van der Waals surface area contributed by atoms with Crippen LogP contribution in [-0.4, -0.2) is 11.1 Å². The van der Waals surface area contributed by atoms with E-state index in [-0.39, 0.29) is 7.43 Å². The minimum absolute atomic E-state index is 0. The summed E-state index contributed by atoms with van der Waals surface area (Å²) < 4.78 is 0. The molecule has 0 amide bonds. The Morgan fingerprint density at radius 2 is 1.28 bits per heavy atom. The van der Waals surface area contributed by atoms with Gasteiger partial charge in [0, 0.05) is 0 Å². The molecular weight excluding hydrogens is 308 g/mol. The Morgan fingerprint density at radius 3 is 1.68 bits per heavy atom. The number of carbonyl (C=O) groups is 1. The van der Waals surface area contributed by atoms with Crippen molar-refractivity contribution >= 4 is 5.97 Å². The first-order valence-corrected chi connectivity index (χ1v) is 7.94. The number of aryl methyl sites for hydroxylation is 2. The van der Waals surface area contributed by atoms with Crippen molar-refractivity contribution in [2.24, 2.45) is 0 Å². The fourth-order valence-electron chi connectivity index (χ4n) is 2.48. The van der Waals surface area contributed by atoms with Crippen LogP contribution in [0.2, 0.25) is 0 Å². The van der Waals surface area contributed by atoms with Crippen LogP contribution in [0, 0.1) is 13.8 Å². The largest absolute Gasteiger partial charge is 0.478 e. The minimum Gasteiger partial charge on any atom is -0.478 e. The average Bonchev–Trinajstić information content (AvgIpc) is 2.57. The lowest BCUT2D eigenvalue weighted by molar-refractivity contribution is 0.0696. The molecule has 0 atom stereocenters. The number of benzene rings is 3. The van der Waals surface area contributed by atoms with Gasteiger partial charge >= 0.3 is 5.97 Å². The molecular formula is C23H26O2. The van der Waals surface area contributed by atoms with Crippen LogP contribution in [0.1, 0.15) is 40.0 Å². The zero-order chi connectivity index (χ0) is 17.4. The van der Waals surface area contributed by atoms with E-state index in [1.54, 1.807) is 19.1 Å². The van der Waals surface area contributed by atoms with Gasteiger partial charge in [0.05, 0.1) is 5.56 Å². The van der Waals surface area contributed by atoms with Gasteiger partial charge in [-0.05, 0) is 43.0 Å². The van der Waals surface area contributed by atoms with Gasteiger partial charge in [0.15, 0.2) is 0 Å². The summed E-state index contributed by atoms with van der Waals surface area (Å²) >= 11 is 0. The van der Waals surface area contributed by atoms with E-state index >= 15 is 0 Å². The van der Waals surface area contributed by atoms with Gasteiger partial charge in [0.25, 0.3) is 0 Å². The second kappa shape index (κ2) is 10.1. The molecule has 0 aromatic heterocycles. The number of aromatic carboxylic acids is 1. The van der Waals surface area contributed by atoms with E-state index in [4.69, 9.17) is 5.11 Å². The quantitative estimate of drug-likeness (QED) is 0.646. The van der Waals surface area contributed by atoms with Crippen LogP contribution in [0.25, 0.3) is 0 Å². The first-order valence-electron chi connectivity index (χ1n) is 7.94. The maximum Gasteiger partial charge on any atom is 0.335 e. The monoisotopic (exact) mass is 334 g/mol. The van der Waals surface area contributed by atoms with Crippen LogP contribution >= 0.6 is 0 Å². The number of hydrogen-bond donors (Lipinski definition) is 1. The molecule has 0 fully saturated rings. The first kappa shape index (κ1) is 20.2. The Balaban J connectivity index is 0.000000244. The standard InChI is InChI=1S/C13H12.C9H10O2.CH4/c1-3-7-12(8-4-1)11-13-9-5-2-6-10-13;1-6-3-4-8(9(10)11)7(2)5-6;/h1-10H,11H2;3-5H,1-2H3,(H,10,11);1H4. The molecule has 0 aliphatic carbocycles. The third-order valence-corrected chi connectivity index (χ3v) is 3.71. The van der Waals surface area contributed by atoms with Gasteiger partial charge in [-0.2, -0.15) is 0 Å². The lowest BCUT2D eigenvalue weighted by atomic mass is 10.1. The highest BCUT2D eigenvalue weighted by Gasteiger charge is 2.04. The summed E-state index contributed by atoms with van der Waals surface area (Å²) in [6, 6.07) is 26.4. The van der Waals surface area contributed by atoms with E-state index in [1.807, 2.05) is 13.0 Å². The SMILES string of the molecule is C.Cc1ccc(C(=O)O)c(C)c1.c1ccc(Cc2ccccc2)cc1. The van der Waals surface area contributed by atoms with Crippen molar-refractivity contribution in [1.82, 2.24) is 0 Å². The highest BCUT2D eigenvalue weighted by atomic mass is 16.4. The summed E-state index contributed by atoms with van der Waals surface area (Å²) in [5.41, 5.74) is 5.03. The molecule has 25 heavy (non-hydrogen) atoms. The molecule has 3 rings (SSSR count). The van der Waals surface area contributed by atoms with E-state index in [2.05, 4.69) is 60.7 Å². The molecule has 2 nitrogen and oxygen atoms in total. The number of rotatable bonds is 3. The third-order valence-electron chi connectivity index (χ3n) is 3.71. The van der Waals surface area contributed by atoms with Crippen molar-refractivity contribution in [2.75, 3.05) is 0 Å². The van der Waals surface area contributed by atoms with Crippen molar-refractivity contribution in [3.05, 3.63) is 107 Å². The molecule has 3 aromatic rings. The second-order valence-corrected chi connectivity index (χ2v) is 5.77. The second-order valence-electron chi connectivity index (χ2n) is 5.77. The molecule has 0 saturated carbocycles. The van der Waals surface area contributed by atoms with Crippen molar-refractivity contribution < 1.29 is 9.90 Å². The molecule has 0 spiro atoms. The van der Waals surface area contributed by atoms with E-state index in [9.17, 15) is 4.79 Å². The maximum absolute atomic E-state index is 10.5. The molecule has 0 radical (unpaired) electrons. The van der Waals surface area contributed by atoms with Crippen LogP contribution in [0.5, 0.6) is 0 Å². The van der Waals surface area contributed by atoms with E-state index in [1.165, 1.54) is 11.1 Å². The summed E-state index contributed by atoms with van der Waals surface area (Å²) in [5, 5.41) is 8.66. The zero-order valence-corrected chi connectivity index (χ0v) is 14.1. The predicted octanol–water partition coefficient (Wildman–Crippen LogP) is 5.92. The van der Waals surface area contributed by atoms with Gasteiger partial charge in [-0.15, -0.1) is 0 Å². The smallest absolute Gasteiger partial charge is 0.335 e. The summed E-state index contributed by atoms with van der Waals surface area (Å²) in [6.45, 7) is 3.75. The van der Waals surface area contributed by atoms with Crippen LogP contribution in [0.15, 0.2) is 78.9 Å². The van der Waals surface area contributed by atoms with Crippen LogP contribution in [-0.2, 0) is 6.42 Å². The van der Waals surface area contributed by atoms with Crippen LogP contribution in [0.3, 0.4) is 0 Å². The van der Waals surface area contributed by atoms with Crippen molar-refractivity contribution in [1.29, 1.82) is 0 Å². The molecule has 0 aliphatic heterocycles. The molecule has 0 bridgehead atoms. The highest BCUT2D eigenvalue weighted by Crippen LogP contribution is 2.10. The lowest BCUT2D eigenvalue weighted by Gasteiger charge is -2.00.